The molecule has 0 aliphatic carbocycles. The molecule has 0 unspecified atom stereocenters. The first-order valence-electron chi connectivity index (χ1n) is 10.2. The SMILES string of the molecule is CCCCc1ccc(C(=O)Nc2c(-c3ccc(OC)cc3)nc3ccccn23)cc1. The van der Waals surface area contributed by atoms with E-state index in [1.807, 2.05) is 77.3 Å². The molecule has 2 heterocycles. The number of aromatic nitrogens is 2. The summed E-state index contributed by atoms with van der Waals surface area (Å²) in [7, 11) is 1.64. The van der Waals surface area contributed by atoms with Gasteiger partial charge in [0.25, 0.3) is 5.91 Å². The molecule has 2 aromatic heterocycles. The van der Waals surface area contributed by atoms with E-state index in [0.717, 1.165) is 41.9 Å². The Morgan fingerprint density at radius 2 is 1.80 bits per heavy atom. The highest BCUT2D eigenvalue weighted by atomic mass is 16.5. The van der Waals surface area contributed by atoms with E-state index in [9.17, 15) is 4.79 Å². The standard InChI is InChI=1S/C25H25N3O2/c1-3-4-7-18-9-11-20(12-10-18)25(29)27-24-23(19-13-15-21(30-2)16-14-19)26-22-8-5-6-17-28(22)24/h5-6,8-17H,3-4,7H2,1-2H3,(H,27,29). The van der Waals surface area contributed by atoms with Crippen LogP contribution in [0.25, 0.3) is 16.9 Å². The lowest BCUT2D eigenvalue weighted by molar-refractivity contribution is 0.102. The number of ether oxygens (including phenoxy) is 1. The van der Waals surface area contributed by atoms with Gasteiger partial charge in [-0.2, -0.15) is 0 Å². The largest absolute Gasteiger partial charge is 0.497 e. The molecule has 0 saturated carbocycles. The minimum Gasteiger partial charge on any atom is -0.497 e. The second kappa shape index (κ2) is 8.82. The maximum absolute atomic E-state index is 13.0. The predicted molar refractivity (Wildman–Crippen MR) is 120 cm³/mol. The van der Waals surface area contributed by atoms with Crippen molar-refractivity contribution in [1.29, 1.82) is 0 Å². The van der Waals surface area contributed by atoms with Crippen molar-refractivity contribution in [2.75, 3.05) is 12.4 Å². The summed E-state index contributed by atoms with van der Waals surface area (Å²) in [5, 5.41) is 3.07. The molecule has 0 saturated heterocycles. The van der Waals surface area contributed by atoms with Crippen LogP contribution in [0, 0.1) is 0 Å². The van der Waals surface area contributed by atoms with Crippen LogP contribution in [0.1, 0.15) is 35.7 Å². The van der Waals surface area contributed by atoms with Crippen LogP contribution in [-0.4, -0.2) is 22.4 Å². The number of unbranched alkanes of at least 4 members (excludes halogenated alkanes) is 1. The monoisotopic (exact) mass is 399 g/mol. The Morgan fingerprint density at radius 1 is 1.03 bits per heavy atom. The summed E-state index contributed by atoms with van der Waals surface area (Å²) in [6.45, 7) is 2.18. The number of nitrogens with zero attached hydrogens (tertiary/aromatic N) is 2. The quantitative estimate of drug-likeness (QED) is 0.440. The van der Waals surface area contributed by atoms with Crippen molar-refractivity contribution < 1.29 is 9.53 Å². The van der Waals surface area contributed by atoms with Crippen LogP contribution in [-0.2, 0) is 6.42 Å². The van der Waals surface area contributed by atoms with Crippen LogP contribution in [0.5, 0.6) is 5.75 Å². The fraction of sp³-hybridized carbons (Fsp3) is 0.200. The predicted octanol–water partition coefficient (Wildman–Crippen LogP) is 5.60. The van der Waals surface area contributed by atoms with Gasteiger partial charge in [0.05, 0.1) is 7.11 Å². The van der Waals surface area contributed by atoms with Crippen LogP contribution < -0.4 is 10.1 Å². The molecule has 2 aromatic carbocycles. The molecule has 0 aliphatic rings. The summed E-state index contributed by atoms with van der Waals surface area (Å²) >= 11 is 0. The van der Waals surface area contributed by atoms with Crippen LogP contribution in [0.2, 0.25) is 0 Å². The Kier molecular flexibility index (Phi) is 5.80. The number of carbonyl (C=O) groups excluding carboxylic acids is 1. The van der Waals surface area contributed by atoms with Gasteiger partial charge in [0, 0.05) is 17.3 Å². The number of aryl methyl sites for hydroxylation is 1. The highest BCUT2D eigenvalue weighted by Crippen LogP contribution is 2.30. The molecule has 0 atom stereocenters. The van der Waals surface area contributed by atoms with Crippen LogP contribution in [0.3, 0.4) is 0 Å². The third-order valence-electron chi connectivity index (χ3n) is 5.16. The van der Waals surface area contributed by atoms with E-state index in [4.69, 9.17) is 9.72 Å². The Hall–Kier alpha value is -3.60. The van der Waals surface area contributed by atoms with E-state index < -0.39 is 0 Å². The molecule has 0 spiro atoms. The minimum atomic E-state index is -0.155. The lowest BCUT2D eigenvalue weighted by atomic mass is 10.1. The molecule has 0 radical (unpaired) electrons. The third kappa shape index (κ3) is 4.06. The number of fused-ring (bicyclic) bond motifs is 1. The van der Waals surface area contributed by atoms with Crippen LogP contribution in [0.15, 0.2) is 72.9 Å². The normalized spacial score (nSPS) is 10.9. The summed E-state index contributed by atoms with van der Waals surface area (Å²) in [6, 6.07) is 21.3. The molecule has 30 heavy (non-hydrogen) atoms. The Bertz CT molecular complexity index is 1150. The van der Waals surface area contributed by atoms with E-state index in [1.54, 1.807) is 7.11 Å². The van der Waals surface area contributed by atoms with Crippen molar-refractivity contribution in [2.24, 2.45) is 0 Å². The molecule has 0 fully saturated rings. The van der Waals surface area contributed by atoms with Gasteiger partial charge in [-0.25, -0.2) is 4.98 Å². The molecule has 4 rings (SSSR count). The number of anilines is 1. The Balaban J connectivity index is 1.66. The first-order valence-corrected chi connectivity index (χ1v) is 10.2. The Labute approximate surface area is 176 Å². The number of pyridine rings is 1. The van der Waals surface area contributed by atoms with Crippen molar-refractivity contribution >= 4 is 17.4 Å². The average Bonchev–Trinajstić information content (AvgIpc) is 3.16. The fourth-order valence-electron chi connectivity index (χ4n) is 3.45. The van der Waals surface area contributed by atoms with Gasteiger partial charge >= 0.3 is 0 Å². The van der Waals surface area contributed by atoms with Gasteiger partial charge in [0.1, 0.15) is 22.9 Å². The van der Waals surface area contributed by atoms with Crippen LogP contribution in [0.4, 0.5) is 5.82 Å². The number of nitrogens with one attached hydrogen (secondary N) is 1. The molecule has 1 N–H and O–H groups in total. The number of amides is 1. The zero-order valence-corrected chi connectivity index (χ0v) is 17.3. The van der Waals surface area contributed by atoms with E-state index in [1.165, 1.54) is 5.56 Å². The zero-order chi connectivity index (χ0) is 20.9. The number of methoxy groups -OCH3 is 1. The topological polar surface area (TPSA) is 55.6 Å². The molecular weight excluding hydrogens is 374 g/mol. The van der Waals surface area contributed by atoms with Crippen molar-refractivity contribution in [3.05, 3.63) is 84.1 Å². The number of benzene rings is 2. The second-order valence-corrected chi connectivity index (χ2v) is 7.22. The summed E-state index contributed by atoms with van der Waals surface area (Å²) in [4.78, 5) is 17.7. The first-order chi connectivity index (χ1) is 14.7. The van der Waals surface area contributed by atoms with Gasteiger partial charge in [-0.3, -0.25) is 9.20 Å². The second-order valence-electron chi connectivity index (χ2n) is 7.22. The van der Waals surface area contributed by atoms with Gasteiger partial charge in [-0.1, -0.05) is 31.5 Å². The number of hydrogen-bond acceptors (Lipinski definition) is 3. The third-order valence-corrected chi connectivity index (χ3v) is 5.16. The van der Waals surface area contributed by atoms with Crippen molar-refractivity contribution in [3.8, 4) is 17.0 Å². The summed E-state index contributed by atoms with van der Waals surface area (Å²) in [5.74, 6) is 1.27. The van der Waals surface area contributed by atoms with E-state index in [0.29, 0.717) is 11.4 Å². The van der Waals surface area contributed by atoms with Crippen molar-refractivity contribution in [3.63, 3.8) is 0 Å². The molecular formula is C25H25N3O2. The molecule has 0 aliphatic heterocycles. The van der Waals surface area contributed by atoms with E-state index >= 15 is 0 Å². The lowest BCUT2D eigenvalue weighted by Crippen LogP contribution is -2.14. The molecule has 1 amide bonds. The van der Waals surface area contributed by atoms with Crippen molar-refractivity contribution in [2.45, 2.75) is 26.2 Å². The molecule has 4 aromatic rings. The van der Waals surface area contributed by atoms with Crippen molar-refractivity contribution in [1.82, 2.24) is 9.38 Å². The molecule has 5 nitrogen and oxygen atoms in total. The summed E-state index contributed by atoms with van der Waals surface area (Å²) in [6.07, 6.45) is 5.25. The summed E-state index contributed by atoms with van der Waals surface area (Å²) < 4.78 is 7.15. The smallest absolute Gasteiger partial charge is 0.256 e. The lowest BCUT2D eigenvalue weighted by Gasteiger charge is -2.09. The number of rotatable bonds is 7. The minimum absolute atomic E-state index is 0.155. The van der Waals surface area contributed by atoms with E-state index in [2.05, 4.69) is 12.2 Å². The maximum Gasteiger partial charge on any atom is 0.256 e. The van der Waals surface area contributed by atoms with Crippen LogP contribution >= 0.6 is 0 Å². The molecule has 152 valence electrons. The highest BCUT2D eigenvalue weighted by molar-refractivity contribution is 6.05. The van der Waals surface area contributed by atoms with Gasteiger partial charge in [0.2, 0.25) is 0 Å². The molecule has 5 heteroatoms. The Morgan fingerprint density at radius 3 is 2.50 bits per heavy atom. The molecule has 0 bridgehead atoms. The average molecular weight is 399 g/mol. The van der Waals surface area contributed by atoms with Gasteiger partial charge in [-0.15, -0.1) is 0 Å². The first kappa shape index (κ1) is 19.7. The van der Waals surface area contributed by atoms with Gasteiger partial charge in [0.15, 0.2) is 0 Å². The fourth-order valence-corrected chi connectivity index (χ4v) is 3.45. The maximum atomic E-state index is 13.0. The number of carbonyl (C=O) groups is 1. The highest BCUT2D eigenvalue weighted by Gasteiger charge is 2.17. The number of hydrogen-bond donors (Lipinski definition) is 1. The van der Waals surface area contributed by atoms with E-state index in [-0.39, 0.29) is 5.91 Å². The number of imidazole rings is 1. The summed E-state index contributed by atoms with van der Waals surface area (Å²) in [5.41, 5.74) is 4.28. The zero-order valence-electron chi connectivity index (χ0n) is 17.3. The van der Waals surface area contributed by atoms with Gasteiger partial charge < -0.3 is 10.1 Å². The van der Waals surface area contributed by atoms with Gasteiger partial charge in [-0.05, 0) is 66.9 Å².